The molecular weight excluding hydrogens is 482 g/mol. The smallest absolute Gasteiger partial charge is 0.338 e. The maximum absolute atomic E-state index is 13.4. The molecule has 7 nitrogen and oxygen atoms in total. The molecule has 1 amide bonds. The van der Waals surface area contributed by atoms with Gasteiger partial charge in [-0.2, -0.15) is 0 Å². The number of aliphatic hydroxyl groups excluding tert-OH is 1. The number of benzene rings is 3. The van der Waals surface area contributed by atoms with Gasteiger partial charge in [0.2, 0.25) is 0 Å². The zero-order valence-corrected chi connectivity index (χ0v) is 21.6. The highest BCUT2D eigenvalue weighted by atomic mass is 16.5. The molecule has 2 unspecified atom stereocenters. The maximum atomic E-state index is 13.4. The third-order valence-electron chi connectivity index (χ3n) is 6.89. The van der Waals surface area contributed by atoms with Crippen molar-refractivity contribution in [1.29, 1.82) is 0 Å². The summed E-state index contributed by atoms with van der Waals surface area (Å²) in [6, 6.07) is 18.9. The quantitative estimate of drug-likeness (QED) is 0.214. The number of fused-ring (bicyclic) bond motifs is 1. The highest BCUT2D eigenvalue weighted by Crippen LogP contribution is 2.41. The van der Waals surface area contributed by atoms with Gasteiger partial charge in [-0.15, -0.1) is 0 Å². The Kier molecular flexibility index (Phi) is 6.76. The summed E-state index contributed by atoms with van der Waals surface area (Å²) in [5, 5.41) is 11.4. The fraction of sp³-hybridized carbons (Fsp3) is 0.258. The number of rotatable bonds is 6. The third kappa shape index (κ3) is 4.67. The van der Waals surface area contributed by atoms with Crippen molar-refractivity contribution in [2.24, 2.45) is 0 Å². The van der Waals surface area contributed by atoms with Crippen molar-refractivity contribution < 1.29 is 29.0 Å². The number of nitrogens with zero attached hydrogens (tertiary/aromatic N) is 1. The average Bonchev–Trinajstić information content (AvgIpc) is 3.40. The molecule has 0 spiro atoms. The summed E-state index contributed by atoms with van der Waals surface area (Å²) in [4.78, 5) is 40.3. The summed E-state index contributed by atoms with van der Waals surface area (Å²) >= 11 is 0. The zero-order valence-electron chi connectivity index (χ0n) is 21.6. The number of Topliss-reactive ketones (excluding diaryl/α,β-unsaturated/α-hetero) is 1. The molecule has 0 radical (unpaired) electrons. The van der Waals surface area contributed by atoms with Gasteiger partial charge in [-0.25, -0.2) is 4.79 Å². The molecule has 5 rings (SSSR count). The monoisotopic (exact) mass is 511 g/mol. The van der Waals surface area contributed by atoms with Crippen molar-refractivity contribution in [2.45, 2.75) is 45.9 Å². The van der Waals surface area contributed by atoms with Gasteiger partial charge in [0.25, 0.3) is 11.7 Å². The van der Waals surface area contributed by atoms with E-state index in [1.54, 1.807) is 43.3 Å². The highest BCUT2D eigenvalue weighted by Gasteiger charge is 2.46. The van der Waals surface area contributed by atoms with Gasteiger partial charge in [-0.1, -0.05) is 42.0 Å². The van der Waals surface area contributed by atoms with Gasteiger partial charge in [-0.05, 0) is 67.8 Å². The Hall–Kier alpha value is -4.39. The van der Waals surface area contributed by atoms with E-state index in [-0.39, 0.29) is 30.6 Å². The Morgan fingerprint density at radius 2 is 1.79 bits per heavy atom. The Labute approximate surface area is 221 Å². The minimum absolute atomic E-state index is 0.0375. The first-order valence-corrected chi connectivity index (χ1v) is 12.7. The SMILES string of the molecule is CCOC(=O)c1ccc(CN2C(=O)C(=O)/C(=C(\O)c3ccc4c(c3)CC(C)O4)C2c2cccc(C)c2)cc1. The second kappa shape index (κ2) is 10.2. The van der Waals surface area contributed by atoms with Crippen LogP contribution >= 0.6 is 0 Å². The summed E-state index contributed by atoms with van der Waals surface area (Å²) < 4.78 is 10.8. The largest absolute Gasteiger partial charge is 0.507 e. The van der Waals surface area contributed by atoms with Crippen molar-refractivity contribution in [3.8, 4) is 5.75 Å². The molecule has 0 bridgehead atoms. The van der Waals surface area contributed by atoms with Gasteiger partial charge in [-0.3, -0.25) is 9.59 Å². The number of aryl methyl sites for hydroxylation is 1. The normalized spacial score (nSPS) is 19.8. The fourth-order valence-corrected chi connectivity index (χ4v) is 5.11. The molecule has 2 heterocycles. The molecule has 194 valence electrons. The lowest BCUT2D eigenvalue weighted by atomic mass is 9.93. The Bertz CT molecular complexity index is 1460. The van der Waals surface area contributed by atoms with E-state index >= 15 is 0 Å². The number of ketones is 1. The number of amides is 1. The second-order valence-electron chi connectivity index (χ2n) is 9.71. The van der Waals surface area contributed by atoms with Crippen LogP contribution in [0.1, 0.15) is 58.1 Å². The van der Waals surface area contributed by atoms with Crippen LogP contribution in [0.5, 0.6) is 5.75 Å². The standard InChI is InChI=1S/C31H29NO6/c1-4-37-31(36)21-10-8-20(9-11-21)17-32-27(22-7-5-6-18(2)14-22)26(29(34)30(32)35)28(33)23-12-13-25-24(16-23)15-19(3)38-25/h5-14,16,19,27,33H,4,15,17H2,1-3H3/b28-26-. The lowest BCUT2D eigenvalue weighted by Crippen LogP contribution is -2.29. The van der Waals surface area contributed by atoms with Gasteiger partial charge < -0.3 is 19.5 Å². The van der Waals surface area contributed by atoms with Gasteiger partial charge >= 0.3 is 5.97 Å². The van der Waals surface area contributed by atoms with Gasteiger partial charge in [0.15, 0.2) is 0 Å². The van der Waals surface area contributed by atoms with Gasteiger partial charge in [0, 0.05) is 18.5 Å². The number of aliphatic hydroxyl groups is 1. The molecule has 2 atom stereocenters. The summed E-state index contributed by atoms with van der Waals surface area (Å²) in [6.07, 6.45) is 0.740. The highest BCUT2D eigenvalue weighted by molar-refractivity contribution is 6.46. The predicted octanol–water partition coefficient (Wildman–Crippen LogP) is 5.12. The van der Waals surface area contributed by atoms with Crippen molar-refractivity contribution >= 4 is 23.4 Å². The topological polar surface area (TPSA) is 93.1 Å². The van der Waals surface area contributed by atoms with Crippen LogP contribution in [0.15, 0.2) is 72.3 Å². The van der Waals surface area contributed by atoms with Gasteiger partial charge in [0.05, 0.1) is 23.8 Å². The van der Waals surface area contributed by atoms with E-state index in [0.717, 1.165) is 28.0 Å². The number of hydrogen-bond donors (Lipinski definition) is 1. The number of ether oxygens (including phenoxy) is 2. The molecule has 1 saturated heterocycles. The summed E-state index contributed by atoms with van der Waals surface area (Å²) in [5.41, 5.74) is 4.31. The molecule has 1 N–H and O–H groups in total. The van der Waals surface area contributed by atoms with Crippen molar-refractivity contribution in [3.05, 3.63) is 106 Å². The first-order chi connectivity index (χ1) is 18.3. The molecular formula is C31H29NO6. The zero-order chi connectivity index (χ0) is 27.0. The van der Waals surface area contributed by atoms with E-state index in [1.807, 2.05) is 44.2 Å². The molecule has 3 aromatic carbocycles. The fourth-order valence-electron chi connectivity index (χ4n) is 5.11. The number of carbonyl (C=O) groups is 3. The molecule has 38 heavy (non-hydrogen) atoms. The van der Waals surface area contributed by atoms with Crippen LogP contribution in [0.3, 0.4) is 0 Å². The van der Waals surface area contributed by atoms with Crippen LogP contribution in [-0.2, 0) is 27.3 Å². The number of hydrogen-bond acceptors (Lipinski definition) is 6. The van der Waals surface area contributed by atoms with Gasteiger partial charge in [0.1, 0.15) is 17.6 Å². The van der Waals surface area contributed by atoms with Crippen LogP contribution in [-0.4, -0.2) is 40.4 Å². The molecule has 0 saturated carbocycles. The number of carbonyl (C=O) groups excluding carboxylic acids is 3. The minimum Gasteiger partial charge on any atom is -0.507 e. The van der Waals surface area contributed by atoms with Crippen LogP contribution in [0.25, 0.3) is 5.76 Å². The van der Waals surface area contributed by atoms with E-state index in [1.165, 1.54) is 4.90 Å². The lowest BCUT2D eigenvalue weighted by molar-refractivity contribution is -0.140. The number of likely N-dealkylation sites (tertiary alicyclic amines) is 1. The molecule has 7 heteroatoms. The van der Waals surface area contributed by atoms with Crippen molar-refractivity contribution in [2.75, 3.05) is 6.61 Å². The first-order valence-electron chi connectivity index (χ1n) is 12.7. The lowest BCUT2D eigenvalue weighted by Gasteiger charge is -2.26. The molecule has 1 fully saturated rings. The van der Waals surface area contributed by atoms with Crippen LogP contribution in [0.2, 0.25) is 0 Å². The summed E-state index contributed by atoms with van der Waals surface area (Å²) in [6.45, 7) is 6.05. The summed E-state index contributed by atoms with van der Waals surface area (Å²) in [7, 11) is 0. The molecule has 3 aromatic rings. The minimum atomic E-state index is -0.775. The van der Waals surface area contributed by atoms with Crippen molar-refractivity contribution in [1.82, 2.24) is 4.90 Å². The Balaban J connectivity index is 1.55. The Morgan fingerprint density at radius 1 is 1.05 bits per heavy atom. The van der Waals surface area contributed by atoms with E-state index in [0.29, 0.717) is 17.5 Å². The summed E-state index contributed by atoms with van der Waals surface area (Å²) in [5.74, 6) is -1.30. The van der Waals surface area contributed by atoms with E-state index < -0.39 is 23.7 Å². The first kappa shape index (κ1) is 25.3. The third-order valence-corrected chi connectivity index (χ3v) is 6.89. The van der Waals surface area contributed by atoms with Crippen LogP contribution in [0.4, 0.5) is 0 Å². The van der Waals surface area contributed by atoms with Crippen LogP contribution < -0.4 is 4.74 Å². The maximum Gasteiger partial charge on any atom is 0.338 e. The van der Waals surface area contributed by atoms with E-state index in [9.17, 15) is 19.5 Å². The van der Waals surface area contributed by atoms with Crippen molar-refractivity contribution in [3.63, 3.8) is 0 Å². The molecule has 0 aliphatic carbocycles. The number of esters is 1. The van der Waals surface area contributed by atoms with E-state index in [4.69, 9.17) is 9.47 Å². The average molecular weight is 512 g/mol. The predicted molar refractivity (Wildman–Crippen MR) is 142 cm³/mol. The molecule has 0 aromatic heterocycles. The van der Waals surface area contributed by atoms with Crippen LogP contribution in [0, 0.1) is 6.92 Å². The Morgan fingerprint density at radius 3 is 2.50 bits per heavy atom. The van der Waals surface area contributed by atoms with E-state index in [2.05, 4.69) is 0 Å². The second-order valence-corrected chi connectivity index (χ2v) is 9.71. The molecule has 2 aliphatic rings. The molecule has 2 aliphatic heterocycles.